The number of unbranched alkanes of at least 4 members (excludes halogenated alkanes) is 1. The zero-order valence-electron chi connectivity index (χ0n) is 20.2. The predicted molar refractivity (Wildman–Crippen MR) is 130 cm³/mol. The van der Waals surface area contributed by atoms with Crippen molar-refractivity contribution in [1.82, 2.24) is 0 Å². The molecule has 0 aromatic heterocycles. The van der Waals surface area contributed by atoms with E-state index in [1.807, 2.05) is 47.6 Å². The quantitative estimate of drug-likeness (QED) is 0.145. The summed E-state index contributed by atoms with van der Waals surface area (Å²) >= 11 is 0. The van der Waals surface area contributed by atoms with Crippen molar-refractivity contribution in [2.75, 3.05) is 31.3 Å². The molecule has 0 saturated carbocycles. The Balaban J connectivity index is 2.02. The highest BCUT2D eigenvalue weighted by Crippen LogP contribution is 2.69. The van der Waals surface area contributed by atoms with Crippen molar-refractivity contribution in [2.45, 2.75) is 79.0 Å². The molecule has 0 saturated heterocycles. The number of rotatable bonds is 12. The second-order valence-electron chi connectivity index (χ2n) is 8.59. The lowest BCUT2D eigenvalue weighted by molar-refractivity contribution is -0.135. The summed E-state index contributed by atoms with van der Waals surface area (Å²) in [5, 5.41) is -0.146. The number of benzene rings is 1. The molecule has 0 N–H and O–H groups in total. The molecule has 1 heterocycles. The maximum Gasteiger partial charge on any atom is 0.311 e. The maximum atomic E-state index is 13.5. The van der Waals surface area contributed by atoms with Crippen LogP contribution in [0.4, 0.5) is 0 Å². The van der Waals surface area contributed by atoms with Crippen LogP contribution < -0.4 is 9.47 Å². The summed E-state index contributed by atoms with van der Waals surface area (Å²) in [6.07, 6.45) is 6.06. The van der Waals surface area contributed by atoms with Gasteiger partial charge in [0.25, 0.3) is 0 Å². The van der Waals surface area contributed by atoms with E-state index < -0.39 is 14.3 Å². The van der Waals surface area contributed by atoms with E-state index in [9.17, 15) is 13.9 Å². The molecule has 2 rings (SSSR count). The summed E-state index contributed by atoms with van der Waals surface area (Å²) in [5.41, 5.74) is 3.06. The molecule has 0 atom stereocenters. The number of hydrogen-bond donors (Lipinski definition) is 0. The average molecular weight is 471 g/mol. The Hall–Kier alpha value is -1.05. The van der Waals surface area contributed by atoms with Crippen LogP contribution in [0.3, 0.4) is 0 Å². The minimum atomic E-state index is -2.43. The van der Waals surface area contributed by atoms with Gasteiger partial charge in [-0.25, -0.2) is 0 Å². The highest BCUT2D eigenvalue weighted by atomic mass is 31.2. The normalized spacial score (nSPS) is 14.5. The third kappa shape index (κ3) is 5.85. The third-order valence-corrected chi connectivity index (χ3v) is 16.4. The molecule has 0 radical (unpaired) electrons. The lowest BCUT2D eigenvalue weighted by Crippen LogP contribution is -2.18. The van der Waals surface area contributed by atoms with Crippen LogP contribution in [0.25, 0.3) is 0 Å². The molecule has 1 aliphatic rings. The van der Waals surface area contributed by atoms with E-state index in [1.165, 1.54) is 0 Å². The number of ether oxygens (including phenoxy) is 2. The Bertz CT molecular complexity index is 835. The highest BCUT2D eigenvalue weighted by molar-refractivity contribution is 7.81. The summed E-state index contributed by atoms with van der Waals surface area (Å²) < 4.78 is 38.5. The molecule has 0 fully saturated rings. The average Bonchev–Trinajstić information content (AvgIpc) is 2.76. The fraction of sp³-hybridized carbons (Fsp3) is 0.708. The van der Waals surface area contributed by atoms with E-state index >= 15 is 0 Å². The van der Waals surface area contributed by atoms with Crippen LogP contribution in [0.5, 0.6) is 11.5 Å². The molecular weight excluding hydrogens is 430 g/mol. The fourth-order valence-electron chi connectivity index (χ4n) is 4.74. The smallest absolute Gasteiger partial charge is 0.311 e. The third-order valence-electron chi connectivity index (χ3n) is 6.93. The van der Waals surface area contributed by atoms with E-state index in [0.29, 0.717) is 49.8 Å². The van der Waals surface area contributed by atoms with Crippen molar-refractivity contribution in [3.8, 4) is 11.5 Å². The number of esters is 1. The van der Waals surface area contributed by atoms with E-state index in [2.05, 4.69) is 0 Å². The van der Waals surface area contributed by atoms with Gasteiger partial charge in [-0.3, -0.25) is 4.79 Å². The van der Waals surface area contributed by atoms with Gasteiger partial charge in [-0.1, -0.05) is 27.7 Å². The van der Waals surface area contributed by atoms with E-state index in [0.717, 1.165) is 41.7 Å². The van der Waals surface area contributed by atoms with E-state index in [4.69, 9.17) is 9.47 Å². The highest BCUT2D eigenvalue weighted by Gasteiger charge is 2.40. The van der Waals surface area contributed by atoms with Crippen molar-refractivity contribution in [2.24, 2.45) is 0 Å². The number of aryl methyl sites for hydroxylation is 1. The van der Waals surface area contributed by atoms with Crippen LogP contribution in [0, 0.1) is 13.8 Å². The molecule has 1 aromatic carbocycles. The van der Waals surface area contributed by atoms with Gasteiger partial charge in [-0.2, -0.15) is 0 Å². The first-order valence-corrected chi connectivity index (χ1v) is 16.1. The van der Waals surface area contributed by atoms with Gasteiger partial charge >= 0.3 is 5.97 Å². The minimum Gasteiger partial charge on any atom is -0.493 e. The van der Waals surface area contributed by atoms with Crippen molar-refractivity contribution in [1.29, 1.82) is 0 Å². The van der Waals surface area contributed by atoms with E-state index in [-0.39, 0.29) is 11.4 Å². The van der Waals surface area contributed by atoms with Crippen molar-refractivity contribution in [3.05, 3.63) is 22.8 Å². The van der Waals surface area contributed by atoms with E-state index in [1.54, 1.807) is 0 Å². The fourth-order valence-corrected chi connectivity index (χ4v) is 13.7. The van der Waals surface area contributed by atoms with Gasteiger partial charge in [0.1, 0.15) is 11.5 Å². The van der Waals surface area contributed by atoms with Crippen LogP contribution in [0.15, 0.2) is 6.07 Å². The van der Waals surface area contributed by atoms with Gasteiger partial charge in [0.2, 0.25) is 0 Å². The zero-order valence-corrected chi connectivity index (χ0v) is 22.0. The number of carbonyl (C=O) groups excluding carboxylic acids is 1. The minimum absolute atomic E-state index is 0.146. The molecule has 7 heteroatoms. The first kappa shape index (κ1) is 26.2. The number of hydrogen-bond acceptors (Lipinski definition) is 5. The monoisotopic (exact) mass is 470 g/mol. The van der Waals surface area contributed by atoms with Crippen LogP contribution in [0.2, 0.25) is 0 Å². The number of carbonyl (C=O) groups is 1. The Morgan fingerprint density at radius 1 is 0.968 bits per heavy atom. The van der Waals surface area contributed by atoms with Gasteiger partial charge in [0.15, 0.2) is 0 Å². The zero-order chi connectivity index (χ0) is 23.2. The lowest BCUT2D eigenvalue weighted by Gasteiger charge is -2.32. The first-order chi connectivity index (χ1) is 14.7. The largest absolute Gasteiger partial charge is 0.493 e. The predicted octanol–water partition coefficient (Wildman–Crippen LogP) is 6.84. The second kappa shape index (κ2) is 11.2. The maximum absolute atomic E-state index is 13.5. The molecule has 0 unspecified atom stereocenters. The Labute approximate surface area is 188 Å². The first-order valence-electron chi connectivity index (χ1n) is 11.8. The summed E-state index contributed by atoms with van der Waals surface area (Å²) in [6.45, 7) is 12.5. The van der Waals surface area contributed by atoms with Gasteiger partial charge in [0, 0.05) is 5.56 Å². The molecular formula is C24H40O5P2. The lowest BCUT2D eigenvalue weighted by atomic mass is 9.97. The van der Waals surface area contributed by atoms with Crippen LogP contribution in [-0.2, 0) is 20.3 Å². The Morgan fingerprint density at radius 3 is 2.10 bits per heavy atom. The van der Waals surface area contributed by atoms with Crippen molar-refractivity contribution < 1.29 is 23.4 Å². The molecule has 0 amide bonds. The van der Waals surface area contributed by atoms with Crippen LogP contribution >= 0.6 is 14.3 Å². The van der Waals surface area contributed by atoms with Gasteiger partial charge < -0.3 is 18.6 Å². The number of fused-ring (bicyclic) bond motifs is 1. The molecule has 0 bridgehead atoms. The SMILES string of the molecule is CCP(=O)(CC)C(CCCCOc1c(C)cc2c(c1C)CCC(=O)O2)P(=O)(CC)CC. The molecule has 31 heavy (non-hydrogen) atoms. The molecule has 1 aromatic rings. The molecule has 5 nitrogen and oxygen atoms in total. The summed E-state index contributed by atoms with van der Waals surface area (Å²) in [6, 6.07) is 1.89. The van der Waals surface area contributed by atoms with Gasteiger partial charge in [0.05, 0.1) is 32.7 Å². The summed E-state index contributed by atoms with van der Waals surface area (Å²) in [7, 11) is -4.86. The summed E-state index contributed by atoms with van der Waals surface area (Å²) in [5.74, 6) is 1.35. The summed E-state index contributed by atoms with van der Waals surface area (Å²) in [4.78, 5) is 11.6. The topological polar surface area (TPSA) is 69.7 Å². The Morgan fingerprint density at radius 2 is 1.55 bits per heavy atom. The van der Waals surface area contributed by atoms with Gasteiger partial charge in [-0.15, -0.1) is 0 Å². The Kier molecular flexibility index (Phi) is 9.46. The second-order valence-corrected chi connectivity index (χ2v) is 16.6. The standard InChI is InChI=1S/C24H40O5P2/c1-7-30(26,8-2)23(31(27,9-3)10-4)13-11-12-16-28-24-18(5)17-21-20(19(24)6)14-15-22(25)29-21/h17,23H,7-16H2,1-6H3. The van der Waals surface area contributed by atoms with Gasteiger partial charge in [-0.05, 0) is 81.4 Å². The van der Waals surface area contributed by atoms with Crippen molar-refractivity contribution in [3.63, 3.8) is 0 Å². The molecule has 1 aliphatic heterocycles. The van der Waals surface area contributed by atoms with Crippen LogP contribution in [-0.4, -0.2) is 42.6 Å². The van der Waals surface area contributed by atoms with Crippen LogP contribution in [0.1, 0.15) is 70.1 Å². The van der Waals surface area contributed by atoms with Crippen molar-refractivity contribution >= 4 is 20.3 Å². The molecule has 0 aliphatic carbocycles. The molecule has 176 valence electrons. The molecule has 0 spiro atoms.